The molecule has 166 valence electrons. The van der Waals surface area contributed by atoms with E-state index in [1.807, 2.05) is 23.1 Å². The van der Waals surface area contributed by atoms with Gasteiger partial charge >= 0.3 is 5.97 Å². The molecular weight excluding hydrogens is 392 g/mol. The second-order valence-electron chi connectivity index (χ2n) is 8.69. The van der Waals surface area contributed by atoms with E-state index in [1.165, 1.54) is 0 Å². The van der Waals surface area contributed by atoms with Crippen molar-refractivity contribution < 1.29 is 19.4 Å². The normalized spacial score (nSPS) is 22.3. The van der Waals surface area contributed by atoms with Crippen molar-refractivity contribution in [2.45, 2.75) is 32.2 Å². The number of benzene rings is 2. The zero-order chi connectivity index (χ0) is 21.6. The predicted molar refractivity (Wildman–Crippen MR) is 120 cm³/mol. The van der Waals surface area contributed by atoms with Crippen LogP contribution in [0, 0.1) is 11.8 Å². The number of hydrogen-bond donors (Lipinski definition) is 1. The molecule has 31 heavy (non-hydrogen) atoms. The van der Waals surface area contributed by atoms with E-state index in [4.69, 9.17) is 4.74 Å². The third kappa shape index (κ3) is 5.25. The molecular formula is C25H32N2O4. The SMILES string of the molecule is O=C(O)C1CCCCC1C(=O)N(CCN1CCOCC1)Cc1cccc2ccccc12. The fraction of sp³-hybridized carbons (Fsp3) is 0.520. The van der Waals surface area contributed by atoms with Gasteiger partial charge in [-0.15, -0.1) is 0 Å². The summed E-state index contributed by atoms with van der Waals surface area (Å²) in [5.74, 6) is -1.84. The summed E-state index contributed by atoms with van der Waals surface area (Å²) in [5.41, 5.74) is 1.11. The Morgan fingerprint density at radius 3 is 2.48 bits per heavy atom. The van der Waals surface area contributed by atoms with Crippen molar-refractivity contribution >= 4 is 22.6 Å². The van der Waals surface area contributed by atoms with Gasteiger partial charge in [-0.1, -0.05) is 55.3 Å². The summed E-state index contributed by atoms with van der Waals surface area (Å²) in [6, 6.07) is 14.4. The van der Waals surface area contributed by atoms with Gasteiger partial charge in [0.15, 0.2) is 0 Å². The van der Waals surface area contributed by atoms with Gasteiger partial charge in [0.05, 0.1) is 25.0 Å². The number of carboxylic acid groups (broad SMARTS) is 1. The maximum absolute atomic E-state index is 13.6. The van der Waals surface area contributed by atoms with E-state index in [1.54, 1.807) is 0 Å². The van der Waals surface area contributed by atoms with Crippen molar-refractivity contribution in [2.24, 2.45) is 11.8 Å². The number of carbonyl (C=O) groups excluding carboxylic acids is 1. The number of ether oxygens (including phenoxy) is 1. The van der Waals surface area contributed by atoms with Crippen LogP contribution in [-0.4, -0.2) is 66.2 Å². The van der Waals surface area contributed by atoms with E-state index in [9.17, 15) is 14.7 Å². The number of fused-ring (bicyclic) bond motifs is 1. The average molecular weight is 425 g/mol. The maximum Gasteiger partial charge on any atom is 0.307 e. The lowest BCUT2D eigenvalue weighted by atomic mass is 9.78. The highest BCUT2D eigenvalue weighted by atomic mass is 16.5. The highest BCUT2D eigenvalue weighted by Gasteiger charge is 2.38. The molecule has 4 rings (SSSR count). The van der Waals surface area contributed by atoms with Gasteiger partial charge < -0.3 is 14.7 Å². The third-order valence-electron chi connectivity index (χ3n) is 6.74. The summed E-state index contributed by atoms with van der Waals surface area (Å²) < 4.78 is 5.45. The number of aliphatic carboxylic acids is 1. The summed E-state index contributed by atoms with van der Waals surface area (Å²) in [4.78, 5) is 29.7. The van der Waals surface area contributed by atoms with Gasteiger partial charge in [-0.2, -0.15) is 0 Å². The fourth-order valence-electron chi connectivity index (χ4n) is 4.95. The van der Waals surface area contributed by atoms with Crippen molar-refractivity contribution in [1.82, 2.24) is 9.80 Å². The topological polar surface area (TPSA) is 70.1 Å². The van der Waals surface area contributed by atoms with Crippen molar-refractivity contribution in [3.63, 3.8) is 0 Å². The van der Waals surface area contributed by atoms with E-state index < -0.39 is 17.8 Å². The lowest BCUT2D eigenvalue weighted by molar-refractivity contribution is -0.152. The molecule has 2 atom stereocenters. The van der Waals surface area contributed by atoms with Crippen molar-refractivity contribution in [3.05, 3.63) is 48.0 Å². The fourth-order valence-corrected chi connectivity index (χ4v) is 4.95. The molecule has 1 aliphatic heterocycles. The van der Waals surface area contributed by atoms with Crippen LogP contribution in [0.5, 0.6) is 0 Å². The molecule has 1 amide bonds. The molecule has 0 radical (unpaired) electrons. The van der Waals surface area contributed by atoms with E-state index in [0.717, 1.165) is 62.0 Å². The first kappa shape index (κ1) is 21.8. The molecule has 2 unspecified atom stereocenters. The number of nitrogens with zero attached hydrogens (tertiary/aromatic N) is 2. The molecule has 2 fully saturated rings. The minimum atomic E-state index is -0.837. The summed E-state index contributed by atoms with van der Waals surface area (Å²) in [7, 11) is 0. The number of amides is 1. The molecule has 2 aromatic carbocycles. The van der Waals surface area contributed by atoms with Crippen molar-refractivity contribution in [1.29, 1.82) is 0 Å². The summed E-state index contributed by atoms with van der Waals surface area (Å²) in [6.45, 7) is 5.08. The number of rotatable bonds is 7. The Balaban J connectivity index is 1.57. The number of morpholine rings is 1. The molecule has 6 heteroatoms. The van der Waals surface area contributed by atoms with E-state index >= 15 is 0 Å². The zero-order valence-corrected chi connectivity index (χ0v) is 18.0. The van der Waals surface area contributed by atoms with Crippen molar-refractivity contribution in [2.75, 3.05) is 39.4 Å². The van der Waals surface area contributed by atoms with Crippen LogP contribution in [0.2, 0.25) is 0 Å². The van der Waals surface area contributed by atoms with E-state index in [-0.39, 0.29) is 5.91 Å². The van der Waals surface area contributed by atoms with Gasteiger partial charge in [-0.05, 0) is 29.2 Å². The predicted octanol–water partition coefficient (Wildman–Crippen LogP) is 3.39. The molecule has 1 saturated heterocycles. The van der Waals surface area contributed by atoms with Crippen LogP contribution in [0.3, 0.4) is 0 Å². The quantitative estimate of drug-likeness (QED) is 0.738. The Kier molecular flexibility index (Phi) is 7.20. The van der Waals surface area contributed by atoms with Crippen LogP contribution < -0.4 is 0 Å². The highest BCUT2D eigenvalue weighted by Crippen LogP contribution is 2.32. The van der Waals surface area contributed by atoms with Gasteiger partial charge in [0.25, 0.3) is 0 Å². The molecule has 1 saturated carbocycles. The molecule has 1 aliphatic carbocycles. The van der Waals surface area contributed by atoms with Crippen LogP contribution in [0.4, 0.5) is 0 Å². The van der Waals surface area contributed by atoms with Crippen LogP contribution in [0.1, 0.15) is 31.2 Å². The summed E-state index contributed by atoms with van der Waals surface area (Å²) in [6.07, 6.45) is 3.07. The Morgan fingerprint density at radius 2 is 1.71 bits per heavy atom. The summed E-state index contributed by atoms with van der Waals surface area (Å²) >= 11 is 0. The Morgan fingerprint density at radius 1 is 1.00 bits per heavy atom. The minimum Gasteiger partial charge on any atom is -0.481 e. The number of hydrogen-bond acceptors (Lipinski definition) is 4. The molecule has 1 N–H and O–H groups in total. The van der Waals surface area contributed by atoms with Crippen molar-refractivity contribution in [3.8, 4) is 0 Å². The average Bonchev–Trinajstić information content (AvgIpc) is 2.82. The number of carboxylic acids is 1. The first-order valence-electron chi connectivity index (χ1n) is 11.4. The lowest BCUT2D eigenvalue weighted by Gasteiger charge is -2.35. The first-order valence-corrected chi connectivity index (χ1v) is 11.4. The molecule has 0 aromatic heterocycles. The Labute approximate surface area is 183 Å². The van der Waals surface area contributed by atoms with Gasteiger partial charge in [0.2, 0.25) is 5.91 Å². The van der Waals surface area contributed by atoms with Crippen LogP contribution in [-0.2, 0) is 20.9 Å². The van der Waals surface area contributed by atoms with Gasteiger partial charge in [-0.3, -0.25) is 14.5 Å². The van der Waals surface area contributed by atoms with Crippen LogP contribution in [0.15, 0.2) is 42.5 Å². The molecule has 6 nitrogen and oxygen atoms in total. The molecule has 0 bridgehead atoms. The van der Waals surface area contributed by atoms with Gasteiger partial charge in [0.1, 0.15) is 0 Å². The van der Waals surface area contributed by atoms with Crippen LogP contribution >= 0.6 is 0 Å². The standard InChI is InChI=1S/C25H32N2O4/c28-24(22-10-3-4-11-23(22)25(29)30)27(13-12-26-14-16-31-17-15-26)18-20-8-5-7-19-6-1-2-9-21(19)20/h1-2,5-9,22-23H,3-4,10-18H2,(H,29,30). The molecule has 2 aromatic rings. The Hall–Kier alpha value is -2.44. The van der Waals surface area contributed by atoms with E-state index in [2.05, 4.69) is 29.2 Å². The zero-order valence-electron chi connectivity index (χ0n) is 18.0. The monoisotopic (exact) mass is 424 g/mol. The Bertz CT molecular complexity index is 904. The molecule has 2 aliphatic rings. The third-order valence-corrected chi connectivity index (χ3v) is 6.74. The number of carbonyl (C=O) groups is 2. The second-order valence-corrected chi connectivity index (χ2v) is 8.69. The largest absolute Gasteiger partial charge is 0.481 e. The van der Waals surface area contributed by atoms with Gasteiger partial charge in [0, 0.05) is 32.7 Å². The van der Waals surface area contributed by atoms with E-state index in [0.29, 0.717) is 25.9 Å². The molecule has 0 spiro atoms. The lowest BCUT2D eigenvalue weighted by Crippen LogP contribution is -2.46. The molecule has 1 heterocycles. The maximum atomic E-state index is 13.6. The minimum absolute atomic E-state index is 0.00621. The second kappa shape index (κ2) is 10.2. The van der Waals surface area contributed by atoms with Crippen LogP contribution in [0.25, 0.3) is 10.8 Å². The smallest absolute Gasteiger partial charge is 0.307 e. The van der Waals surface area contributed by atoms with Gasteiger partial charge in [-0.25, -0.2) is 0 Å². The summed E-state index contributed by atoms with van der Waals surface area (Å²) in [5, 5.41) is 12.0. The highest BCUT2D eigenvalue weighted by molar-refractivity contribution is 5.87. The first-order chi connectivity index (χ1) is 15.1.